The number of aliphatic hydroxyl groups excluding tert-OH is 1. The number of urea groups is 1. The molecule has 2 heterocycles. The molecule has 33 heavy (non-hydrogen) atoms. The van der Waals surface area contributed by atoms with Gasteiger partial charge in [-0.15, -0.1) is 0 Å². The highest BCUT2D eigenvalue weighted by molar-refractivity contribution is 7.22. The van der Waals surface area contributed by atoms with Crippen molar-refractivity contribution in [3.8, 4) is 11.3 Å². The zero-order chi connectivity index (χ0) is 24.2. The van der Waals surface area contributed by atoms with Gasteiger partial charge in [0.05, 0.1) is 15.9 Å². The fourth-order valence-corrected chi connectivity index (χ4v) is 3.86. The number of pyridine rings is 1. The summed E-state index contributed by atoms with van der Waals surface area (Å²) in [6, 6.07) is 9.36. The number of anilines is 1. The number of aromatic nitrogens is 2. The highest BCUT2D eigenvalue weighted by atomic mass is 32.1. The van der Waals surface area contributed by atoms with Crippen LogP contribution in [0.15, 0.2) is 54.8 Å². The van der Waals surface area contributed by atoms with E-state index in [1.807, 2.05) is 63.3 Å². The molecule has 8 heteroatoms. The summed E-state index contributed by atoms with van der Waals surface area (Å²) in [4.78, 5) is 32.7. The van der Waals surface area contributed by atoms with E-state index in [0.717, 1.165) is 39.0 Å². The number of fused-ring (bicyclic) bond motifs is 1. The number of rotatable bonds is 7. The Bertz CT molecular complexity index is 1140. The monoisotopic (exact) mass is 466 g/mol. The number of nitrogens with one attached hydrogen (secondary N) is 2. The van der Waals surface area contributed by atoms with Crippen LogP contribution in [0.5, 0.6) is 0 Å². The Morgan fingerprint density at radius 2 is 1.97 bits per heavy atom. The molecule has 2 amide bonds. The SMILES string of the molecule is C/C=C\C(=C/C(C)=O)c1cc(-c2ccccn2)c2sc(NC(=O)NCC)nc2c1.CCCO. The number of amides is 2. The van der Waals surface area contributed by atoms with Crippen LogP contribution in [0.25, 0.3) is 27.0 Å². The molecule has 174 valence electrons. The fraction of sp³-hybridized carbons (Fsp3) is 0.280. The minimum atomic E-state index is -0.294. The van der Waals surface area contributed by atoms with E-state index in [-0.39, 0.29) is 11.8 Å². The summed E-state index contributed by atoms with van der Waals surface area (Å²) in [6.45, 7) is 8.07. The third-order valence-electron chi connectivity index (χ3n) is 4.25. The molecule has 3 N–H and O–H groups in total. The fourth-order valence-electron chi connectivity index (χ4n) is 2.89. The van der Waals surface area contributed by atoms with E-state index in [2.05, 4.69) is 20.6 Å². The molecular weight excluding hydrogens is 436 g/mol. The van der Waals surface area contributed by atoms with E-state index in [4.69, 9.17) is 5.11 Å². The van der Waals surface area contributed by atoms with Crippen molar-refractivity contribution in [2.75, 3.05) is 18.5 Å². The van der Waals surface area contributed by atoms with Gasteiger partial charge in [-0.3, -0.25) is 15.1 Å². The van der Waals surface area contributed by atoms with E-state index in [0.29, 0.717) is 18.3 Å². The van der Waals surface area contributed by atoms with Crippen molar-refractivity contribution in [3.63, 3.8) is 0 Å². The predicted octanol–water partition coefficient (Wildman–Crippen LogP) is 5.44. The maximum absolute atomic E-state index is 11.9. The van der Waals surface area contributed by atoms with Gasteiger partial charge >= 0.3 is 6.03 Å². The van der Waals surface area contributed by atoms with Crippen molar-refractivity contribution in [3.05, 3.63) is 60.3 Å². The van der Waals surface area contributed by atoms with Crippen molar-refractivity contribution in [1.82, 2.24) is 15.3 Å². The van der Waals surface area contributed by atoms with Crippen LogP contribution in [-0.4, -0.2) is 40.0 Å². The predicted molar refractivity (Wildman–Crippen MR) is 136 cm³/mol. The van der Waals surface area contributed by atoms with Crippen molar-refractivity contribution < 1.29 is 14.7 Å². The number of benzene rings is 1. The first-order chi connectivity index (χ1) is 15.9. The smallest absolute Gasteiger partial charge is 0.321 e. The molecule has 0 aliphatic heterocycles. The second-order valence-corrected chi connectivity index (χ2v) is 8.02. The highest BCUT2D eigenvalue weighted by Gasteiger charge is 2.15. The Kier molecular flexibility index (Phi) is 10.4. The molecule has 0 spiro atoms. The van der Waals surface area contributed by atoms with Crippen LogP contribution in [0, 0.1) is 0 Å². The number of hydrogen-bond donors (Lipinski definition) is 3. The van der Waals surface area contributed by atoms with Crippen LogP contribution in [-0.2, 0) is 4.79 Å². The quantitative estimate of drug-likeness (QED) is 0.318. The van der Waals surface area contributed by atoms with E-state index in [9.17, 15) is 9.59 Å². The van der Waals surface area contributed by atoms with Crippen LogP contribution in [0.4, 0.5) is 9.93 Å². The van der Waals surface area contributed by atoms with Gasteiger partial charge in [-0.1, -0.05) is 36.5 Å². The summed E-state index contributed by atoms with van der Waals surface area (Å²) in [5.41, 5.74) is 4.10. The lowest BCUT2D eigenvalue weighted by atomic mass is 9.99. The minimum absolute atomic E-state index is 0.0329. The highest BCUT2D eigenvalue weighted by Crippen LogP contribution is 2.37. The Hall–Kier alpha value is -3.36. The summed E-state index contributed by atoms with van der Waals surface area (Å²) in [5, 5.41) is 13.9. The number of aliphatic hydroxyl groups is 1. The lowest BCUT2D eigenvalue weighted by molar-refractivity contribution is -0.112. The number of carbonyl (C=O) groups excluding carboxylic acids is 2. The molecule has 0 atom stereocenters. The number of allylic oxidation sites excluding steroid dienone is 4. The molecule has 0 bridgehead atoms. The molecule has 3 rings (SSSR count). The Morgan fingerprint density at radius 1 is 1.21 bits per heavy atom. The lowest BCUT2D eigenvalue weighted by Gasteiger charge is -2.08. The number of nitrogens with zero attached hydrogens (tertiary/aromatic N) is 2. The second kappa shape index (κ2) is 13.2. The van der Waals surface area contributed by atoms with Gasteiger partial charge in [0, 0.05) is 24.9 Å². The van der Waals surface area contributed by atoms with Crippen molar-refractivity contribution in [2.24, 2.45) is 0 Å². The summed E-state index contributed by atoms with van der Waals surface area (Å²) in [6.07, 6.45) is 8.00. The average molecular weight is 467 g/mol. The number of ketones is 1. The topological polar surface area (TPSA) is 104 Å². The minimum Gasteiger partial charge on any atom is -0.396 e. The standard InChI is InChI=1S/C22H22N4O2S.C3H8O/c1-4-8-15(11-14(3)27)16-12-17(18-9-6-7-10-24-18)20-19(13-16)25-22(29-20)26-21(28)23-5-2;1-2-3-4/h4,6-13H,5H2,1-3H3,(H2,23,25,26,28);4H,2-3H2,1H3/b8-4-,15-11+;. The van der Waals surface area contributed by atoms with Gasteiger partial charge in [-0.05, 0) is 68.7 Å². The summed E-state index contributed by atoms with van der Waals surface area (Å²) < 4.78 is 0.918. The normalized spacial score (nSPS) is 11.2. The second-order valence-electron chi connectivity index (χ2n) is 7.02. The maximum atomic E-state index is 11.9. The summed E-state index contributed by atoms with van der Waals surface area (Å²) in [5.74, 6) is -0.0329. The molecule has 0 fully saturated rings. The van der Waals surface area contributed by atoms with Crippen molar-refractivity contribution in [2.45, 2.75) is 34.1 Å². The van der Waals surface area contributed by atoms with Gasteiger partial charge in [-0.25, -0.2) is 9.78 Å². The van der Waals surface area contributed by atoms with Gasteiger partial charge in [0.1, 0.15) is 0 Å². The van der Waals surface area contributed by atoms with Gasteiger partial charge in [-0.2, -0.15) is 0 Å². The third kappa shape index (κ3) is 7.62. The van der Waals surface area contributed by atoms with E-state index in [1.165, 1.54) is 18.3 Å². The molecule has 0 unspecified atom stereocenters. The number of carbonyl (C=O) groups is 2. The zero-order valence-corrected chi connectivity index (χ0v) is 20.2. The van der Waals surface area contributed by atoms with Gasteiger partial charge < -0.3 is 10.4 Å². The van der Waals surface area contributed by atoms with Gasteiger partial charge in [0.25, 0.3) is 0 Å². The molecular formula is C25H30N4O3S. The van der Waals surface area contributed by atoms with Gasteiger partial charge in [0.15, 0.2) is 10.9 Å². The van der Waals surface area contributed by atoms with Gasteiger partial charge in [0.2, 0.25) is 0 Å². The number of hydrogen-bond acceptors (Lipinski definition) is 6. The van der Waals surface area contributed by atoms with E-state index in [1.54, 1.807) is 12.3 Å². The van der Waals surface area contributed by atoms with Crippen LogP contribution in [0.2, 0.25) is 0 Å². The molecule has 2 aromatic heterocycles. The van der Waals surface area contributed by atoms with Crippen LogP contribution >= 0.6 is 11.3 Å². The first-order valence-corrected chi connectivity index (χ1v) is 11.6. The number of thiazole rings is 1. The molecule has 1 aromatic carbocycles. The van der Waals surface area contributed by atoms with Crippen molar-refractivity contribution in [1.29, 1.82) is 0 Å². The lowest BCUT2D eigenvalue weighted by Crippen LogP contribution is -2.28. The van der Waals surface area contributed by atoms with Crippen LogP contribution in [0.1, 0.15) is 39.7 Å². The first-order valence-electron chi connectivity index (χ1n) is 10.8. The summed E-state index contributed by atoms with van der Waals surface area (Å²) >= 11 is 1.39. The third-order valence-corrected chi connectivity index (χ3v) is 5.27. The molecule has 0 aliphatic carbocycles. The van der Waals surface area contributed by atoms with Crippen LogP contribution in [0.3, 0.4) is 0 Å². The first kappa shape index (κ1) is 25.9. The molecule has 7 nitrogen and oxygen atoms in total. The van der Waals surface area contributed by atoms with E-state index >= 15 is 0 Å². The Morgan fingerprint density at radius 3 is 2.55 bits per heavy atom. The van der Waals surface area contributed by atoms with Crippen molar-refractivity contribution >= 4 is 44.1 Å². The Labute approximate surface area is 198 Å². The molecule has 0 saturated heterocycles. The Balaban J connectivity index is 0.000000890. The van der Waals surface area contributed by atoms with E-state index < -0.39 is 0 Å². The zero-order valence-electron chi connectivity index (χ0n) is 19.4. The largest absolute Gasteiger partial charge is 0.396 e. The molecule has 3 aromatic rings. The summed E-state index contributed by atoms with van der Waals surface area (Å²) in [7, 11) is 0. The average Bonchev–Trinajstić information content (AvgIpc) is 3.21. The molecule has 0 radical (unpaired) electrons. The van der Waals surface area contributed by atoms with Crippen LogP contribution < -0.4 is 10.6 Å². The maximum Gasteiger partial charge on any atom is 0.321 e. The molecule has 0 saturated carbocycles. The molecule has 0 aliphatic rings.